The lowest BCUT2D eigenvalue weighted by atomic mass is 10.2. The van der Waals surface area contributed by atoms with E-state index in [1.165, 1.54) is 24.3 Å². The summed E-state index contributed by atoms with van der Waals surface area (Å²) in [6.45, 7) is 0. The molecule has 9 heteroatoms. The van der Waals surface area contributed by atoms with Gasteiger partial charge in [-0.15, -0.1) is 0 Å². The number of hydrogen-bond donors (Lipinski definition) is 2. The molecule has 0 amide bonds. The second kappa shape index (κ2) is 10.1. The molecule has 0 fully saturated rings. The fourth-order valence-corrected chi connectivity index (χ4v) is 11.9. The lowest BCUT2D eigenvalue weighted by Gasteiger charge is -2.37. The van der Waals surface area contributed by atoms with Crippen LogP contribution in [0.3, 0.4) is 0 Å². The van der Waals surface area contributed by atoms with E-state index in [1.54, 1.807) is 0 Å². The molecule has 4 aromatic rings. The Kier molecular flexibility index (Phi) is 7.26. The van der Waals surface area contributed by atoms with Crippen molar-refractivity contribution in [3.8, 4) is 0 Å². The van der Waals surface area contributed by atoms with Crippen LogP contribution in [-0.2, 0) is 0 Å². The van der Waals surface area contributed by atoms with Crippen molar-refractivity contribution >= 4 is 87.2 Å². The van der Waals surface area contributed by atoms with Gasteiger partial charge in [0.2, 0.25) is 0 Å². The van der Waals surface area contributed by atoms with Crippen molar-refractivity contribution in [1.82, 2.24) is 0 Å². The molecule has 0 aliphatic carbocycles. The summed E-state index contributed by atoms with van der Waals surface area (Å²) in [5, 5.41) is 22.2. The number of halogens is 4. The average molecular weight is 562 g/mol. The Morgan fingerprint density at radius 3 is 1.20 bits per heavy atom. The summed E-state index contributed by atoms with van der Waals surface area (Å²) in [4.78, 5) is 24.1. The fraction of sp³-hybridized carbons (Fsp3) is 0. The molecule has 0 aliphatic heterocycles. The van der Waals surface area contributed by atoms with Crippen LogP contribution in [0.25, 0.3) is 0 Å². The summed E-state index contributed by atoms with van der Waals surface area (Å²) >= 11 is 27.2. The van der Waals surface area contributed by atoms with Crippen LogP contribution in [0.15, 0.2) is 84.9 Å². The molecule has 4 nitrogen and oxygen atoms in total. The van der Waals surface area contributed by atoms with E-state index in [9.17, 15) is 19.8 Å². The maximum atomic E-state index is 12.1. The van der Waals surface area contributed by atoms with Crippen LogP contribution in [0.1, 0.15) is 20.7 Å². The Balaban J connectivity index is 2.35. The molecule has 4 aromatic carbocycles. The molecule has 0 spiro atoms. The standard InChI is InChI=1S/C26H16Cl4O4Si/c27-19-13-11-17(25(31)32)21(29)23(19)35(15-7-3-1-4-8-15,16-9-5-2-6-10-16)24-20(28)14-12-18(22(24)30)26(33)34/h1-14H,(H,31,32)(H,33,34). The van der Waals surface area contributed by atoms with E-state index in [4.69, 9.17) is 46.4 Å². The highest BCUT2D eigenvalue weighted by atomic mass is 35.5. The molecule has 0 heterocycles. The van der Waals surface area contributed by atoms with Crippen LogP contribution in [0.2, 0.25) is 20.1 Å². The molecule has 2 N–H and O–H groups in total. The Bertz CT molecular complexity index is 1330. The van der Waals surface area contributed by atoms with Gasteiger partial charge in [-0.25, -0.2) is 9.59 Å². The molecule has 0 radical (unpaired) electrons. The molecule has 0 unspecified atom stereocenters. The summed E-state index contributed by atoms with van der Waals surface area (Å²) < 4.78 is 0. The first-order chi connectivity index (χ1) is 16.7. The second-order valence-electron chi connectivity index (χ2n) is 7.66. The Hall–Kier alpha value is -2.80. The van der Waals surface area contributed by atoms with Crippen LogP contribution >= 0.6 is 46.4 Å². The third kappa shape index (κ3) is 4.24. The molecular formula is C26H16Cl4O4Si. The van der Waals surface area contributed by atoms with Gasteiger partial charge in [-0.05, 0) is 45.0 Å². The van der Waals surface area contributed by atoms with E-state index in [-0.39, 0.29) is 31.2 Å². The van der Waals surface area contributed by atoms with Crippen LogP contribution < -0.4 is 20.7 Å². The van der Waals surface area contributed by atoms with Gasteiger partial charge >= 0.3 is 11.9 Å². The summed E-state index contributed by atoms with van der Waals surface area (Å²) in [5.74, 6) is -2.46. The molecule has 35 heavy (non-hydrogen) atoms. The molecule has 0 saturated heterocycles. The summed E-state index contributed by atoms with van der Waals surface area (Å²) in [5.41, 5.74) is -0.284. The van der Waals surface area contributed by atoms with E-state index < -0.39 is 20.0 Å². The van der Waals surface area contributed by atoms with Crippen LogP contribution in [0.5, 0.6) is 0 Å². The highest BCUT2D eigenvalue weighted by Crippen LogP contribution is 2.29. The predicted molar refractivity (Wildman–Crippen MR) is 144 cm³/mol. The van der Waals surface area contributed by atoms with Gasteiger partial charge < -0.3 is 10.2 Å². The quantitative estimate of drug-likeness (QED) is 0.254. The maximum Gasteiger partial charge on any atom is 0.337 e. The van der Waals surface area contributed by atoms with E-state index >= 15 is 0 Å². The van der Waals surface area contributed by atoms with E-state index in [0.29, 0.717) is 10.4 Å². The third-order valence-electron chi connectivity index (χ3n) is 5.81. The van der Waals surface area contributed by atoms with Crippen molar-refractivity contribution in [1.29, 1.82) is 0 Å². The predicted octanol–water partition coefficient (Wildman–Crippen LogP) is 5.07. The lowest BCUT2D eigenvalue weighted by Crippen LogP contribution is -2.76. The van der Waals surface area contributed by atoms with E-state index in [1.807, 2.05) is 60.7 Å². The number of carbonyl (C=O) groups is 2. The minimum absolute atomic E-state index is 0.0581. The molecule has 4 rings (SSSR count). The Labute approximate surface area is 222 Å². The van der Waals surface area contributed by atoms with Gasteiger partial charge in [0.25, 0.3) is 0 Å². The van der Waals surface area contributed by atoms with Gasteiger partial charge in [0.05, 0.1) is 21.2 Å². The number of hydrogen-bond acceptors (Lipinski definition) is 2. The topological polar surface area (TPSA) is 74.6 Å². The lowest BCUT2D eigenvalue weighted by molar-refractivity contribution is 0.0686. The zero-order valence-electron chi connectivity index (χ0n) is 17.8. The molecule has 0 aromatic heterocycles. The van der Waals surface area contributed by atoms with Crippen molar-refractivity contribution < 1.29 is 19.8 Å². The number of aromatic carboxylic acids is 2. The second-order valence-corrected chi connectivity index (χ2v) is 12.9. The number of carboxylic acid groups (broad SMARTS) is 2. The summed E-state index contributed by atoms with van der Waals surface area (Å²) in [7, 11) is -3.69. The zero-order valence-corrected chi connectivity index (χ0v) is 21.8. The minimum atomic E-state index is -3.69. The first-order valence-electron chi connectivity index (χ1n) is 10.3. The Morgan fingerprint density at radius 1 is 0.543 bits per heavy atom. The molecule has 176 valence electrons. The first-order valence-corrected chi connectivity index (χ1v) is 13.8. The molecule has 0 saturated carbocycles. The van der Waals surface area contributed by atoms with Gasteiger partial charge in [-0.3, -0.25) is 0 Å². The number of rotatable bonds is 6. The highest BCUT2D eigenvalue weighted by Gasteiger charge is 2.48. The van der Waals surface area contributed by atoms with Gasteiger partial charge in [0.15, 0.2) is 8.07 Å². The minimum Gasteiger partial charge on any atom is -0.478 e. The van der Waals surface area contributed by atoms with Gasteiger partial charge in [0, 0.05) is 10.0 Å². The van der Waals surface area contributed by atoms with Crippen molar-refractivity contribution in [3.05, 3.63) is 116 Å². The van der Waals surface area contributed by atoms with Gasteiger partial charge in [0.1, 0.15) is 0 Å². The van der Waals surface area contributed by atoms with E-state index in [2.05, 4.69) is 0 Å². The Morgan fingerprint density at radius 2 is 0.886 bits per heavy atom. The monoisotopic (exact) mass is 560 g/mol. The zero-order chi connectivity index (χ0) is 25.3. The normalized spacial score (nSPS) is 11.3. The van der Waals surface area contributed by atoms with Crippen molar-refractivity contribution in [3.63, 3.8) is 0 Å². The number of carboxylic acids is 2. The largest absolute Gasteiger partial charge is 0.478 e. The van der Waals surface area contributed by atoms with Crippen LogP contribution in [0.4, 0.5) is 0 Å². The van der Waals surface area contributed by atoms with Crippen molar-refractivity contribution in [2.75, 3.05) is 0 Å². The maximum absolute atomic E-state index is 12.1. The van der Waals surface area contributed by atoms with E-state index in [0.717, 1.165) is 10.4 Å². The van der Waals surface area contributed by atoms with Gasteiger partial charge in [-0.2, -0.15) is 0 Å². The van der Waals surface area contributed by atoms with Crippen LogP contribution in [-0.4, -0.2) is 30.2 Å². The van der Waals surface area contributed by atoms with Crippen LogP contribution in [0, 0.1) is 0 Å². The molecule has 0 aliphatic rings. The molecule has 0 atom stereocenters. The average Bonchev–Trinajstić information content (AvgIpc) is 2.83. The first kappa shape index (κ1) is 25.3. The summed E-state index contributed by atoms with van der Waals surface area (Å²) in [6, 6.07) is 24.0. The number of benzene rings is 4. The SMILES string of the molecule is O=C(O)c1ccc(Cl)c([Si](c2ccccc2)(c2ccccc2)c2c(Cl)ccc(C(=O)O)c2Cl)c1Cl. The fourth-order valence-electron chi connectivity index (χ4n) is 4.37. The summed E-state index contributed by atoms with van der Waals surface area (Å²) in [6.07, 6.45) is 0. The van der Waals surface area contributed by atoms with Gasteiger partial charge in [-0.1, -0.05) is 107 Å². The van der Waals surface area contributed by atoms with Crippen molar-refractivity contribution in [2.24, 2.45) is 0 Å². The molecular weight excluding hydrogens is 546 g/mol. The highest BCUT2D eigenvalue weighted by molar-refractivity contribution is 7.22. The molecule has 0 bridgehead atoms. The smallest absolute Gasteiger partial charge is 0.337 e. The van der Waals surface area contributed by atoms with Crippen molar-refractivity contribution in [2.45, 2.75) is 0 Å². The third-order valence-corrected chi connectivity index (χ3v) is 12.8.